The van der Waals surface area contributed by atoms with E-state index < -0.39 is 0 Å². The van der Waals surface area contributed by atoms with Crippen LogP contribution in [0.3, 0.4) is 0 Å². The van der Waals surface area contributed by atoms with Crippen LogP contribution in [-0.4, -0.2) is 17.0 Å². The molecule has 0 unspecified atom stereocenters. The zero-order valence-electron chi connectivity index (χ0n) is 9.98. The first-order valence-corrected chi connectivity index (χ1v) is 7.01. The van der Waals surface area contributed by atoms with Crippen molar-refractivity contribution in [2.24, 2.45) is 0 Å². The summed E-state index contributed by atoms with van der Waals surface area (Å²) in [5.41, 5.74) is 2.20. The molecule has 0 spiro atoms. The maximum Gasteiger partial charge on any atom is 0.225 e. The standard InChI is InChI=1S/C13H13BrClN3/c1-18(9-10-3-2-4-12(15)5-10)13-16-7-11(6-14)8-17-13/h2-5,7-8H,6,9H2,1H3. The van der Waals surface area contributed by atoms with Gasteiger partial charge < -0.3 is 4.90 Å². The summed E-state index contributed by atoms with van der Waals surface area (Å²) in [6.45, 7) is 0.730. The highest BCUT2D eigenvalue weighted by Crippen LogP contribution is 2.14. The largest absolute Gasteiger partial charge is 0.340 e. The molecule has 5 heteroatoms. The Balaban J connectivity index is 2.09. The van der Waals surface area contributed by atoms with E-state index in [1.807, 2.05) is 48.6 Å². The van der Waals surface area contributed by atoms with Crippen molar-refractivity contribution < 1.29 is 0 Å². The molecule has 0 aliphatic heterocycles. The van der Waals surface area contributed by atoms with Crippen molar-refractivity contribution >= 4 is 33.5 Å². The molecular weight excluding hydrogens is 314 g/mol. The van der Waals surface area contributed by atoms with Gasteiger partial charge in [-0.25, -0.2) is 9.97 Å². The first-order chi connectivity index (χ1) is 8.69. The minimum absolute atomic E-state index is 0.708. The first kappa shape index (κ1) is 13.3. The number of hydrogen-bond donors (Lipinski definition) is 0. The fourth-order valence-electron chi connectivity index (χ4n) is 1.59. The van der Waals surface area contributed by atoms with Crippen LogP contribution in [0.25, 0.3) is 0 Å². The lowest BCUT2D eigenvalue weighted by Crippen LogP contribution is -2.19. The number of hydrogen-bond acceptors (Lipinski definition) is 3. The van der Waals surface area contributed by atoms with Gasteiger partial charge in [0.25, 0.3) is 0 Å². The van der Waals surface area contributed by atoms with Crippen LogP contribution in [0.5, 0.6) is 0 Å². The Bertz CT molecular complexity index is 516. The van der Waals surface area contributed by atoms with E-state index in [1.165, 1.54) is 0 Å². The number of benzene rings is 1. The predicted molar refractivity (Wildman–Crippen MR) is 78.2 cm³/mol. The van der Waals surface area contributed by atoms with Crippen LogP contribution in [0.15, 0.2) is 36.7 Å². The molecule has 1 aromatic carbocycles. The molecule has 0 fully saturated rings. The molecule has 1 heterocycles. The lowest BCUT2D eigenvalue weighted by molar-refractivity contribution is 0.863. The second-order valence-electron chi connectivity index (χ2n) is 4.01. The molecule has 1 aromatic heterocycles. The van der Waals surface area contributed by atoms with E-state index in [1.54, 1.807) is 0 Å². The molecule has 0 saturated carbocycles. The highest BCUT2D eigenvalue weighted by atomic mass is 79.9. The number of nitrogens with zero attached hydrogens (tertiary/aromatic N) is 3. The van der Waals surface area contributed by atoms with Gasteiger partial charge in [-0.1, -0.05) is 39.7 Å². The number of rotatable bonds is 4. The number of aromatic nitrogens is 2. The fraction of sp³-hybridized carbons (Fsp3) is 0.231. The average molecular weight is 327 g/mol. The van der Waals surface area contributed by atoms with Gasteiger partial charge in [0.2, 0.25) is 5.95 Å². The van der Waals surface area contributed by atoms with Gasteiger partial charge >= 0.3 is 0 Å². The molecule has 0 saturated heterocycles. The Kier molecular flexibility index (Phi) is 4.55. The molecule has 0 bridgehead atoms. The third-order valence-electron chi connectivity index (χ3n) is 2.50. The molecule has 94 valence electrons. The molecule has 2 aromatic rings. The van der Waals surface area contributed by atoms with Crippen LogP contribution in [0.4, 0.5) is 5.95 Å². The van der Waals surface area contributed by atoms with Crippen LogP contribution in [0.1, 0.15) is 11.1 Å². The SMILES string of the molecule is CN(Cc1cccc(Cl)c1)c1ncc(CBr)cn1. The summed E-state index contributed by atoms with van der Waals surface area (Å²) in [7, 11) is 1.96. The van der Waals surface area contributed by atoms with E-state index in [2.05, 4.69) is 25.9 Å². The van der Waals surface area contributed by atoms with Crippen LogP contribution >= 0.6 is 27.5 Å². The van der Waals surface area contributed by atoms with E-state index in [-0.39, 0.29) is 0 Å². The molecule has 0 N–H and O–H groups in total. The van der Waals surface area contributed by atoms with Crippen LogP contribution in [-0.2, 0) is 11.9 Å². The second kappa shape index (κ2) is 6.16. The minimum Gasteiger partial charge on any atom is -0.340 e. The summed E-state index contributed by atoms with van der Waals surface area (Å²) in [5, 5.41) is 1.52. The summed E-state index contributed by atoms with van der Waals surface area (Å²) in [5.74, 6) is 0.708. The molecule has 0 radical (unpaired) electrons. The predicted octanol–water partition coefficient (Wildman–Crippen LogP) is 3.66. The summed E-state index contributed by atoms with van der Waals surface area (Å²) < 4.78 is 0. The van der Waals surface area contributed by atoms with Crippen molar-refractivity contribution in [3.63, 3.8) is 0 Å². The second-order valence-corrected chi connectivity index (χ2v) is 5.01. The van der Waals surface area contributed by atoms with Gasteiger partial charge in [-0.05, 0) is 23.3 Å². The Morgan fingerprint density at radius 3 is 2.56 bits per heavy atom. The number of halogens is 2. The van der Waals surface area contributed by atoms with Crippen molar-refractivity contribution in [3.05, 3.63) is 52.8 Å². The normalized spacial score (nSPS) is 10.4. The fourth-order valence-corrected chi connectivity index (χ4v) is 2.10. The summed E-state index contributed by atoms with van der Waals surface area (Å²) in [6, 6.07) is 7.80. The Morgan fingerprint density at radius 1 is 1.22 bits per heavy atom. The van der Waals surface area contributed by atoms with Crippen LogP contribution in [0, 0.1) is 0 Å². The summed E-state index contributed by atoms with van der Waals surface area (Å²) in [6.07, 6.45) is 3.65. The van der Waals surface area contributed by atoms with Gasteiger partial charge in [0.1, 0.15) is 0 Å². The molecule has 0 amide bonds. The van der Waals surface area contributed by atoms with E-state index in [0.29, 0.717) is 5.95 Å². The number of anilines is 1. The zero-order valence-corrected chi connectivity index (χ0v) is 12.3. The first-order valence-electron chi connectivity index (χ1n) is 5.51. The van der Waals surface area contributed by atoms with Crippen molar-refractivity contribution in [1.82, 2.24) is 9.97 Å². The van der Waals surface area contributed by atoms with Gasteiger partial charge in [0, 0.05) is 36.3 Å². The van der Waals surface area contributed by atoms with E-state index in [4.69, 9.17) is 11.6 Å². The number of alkyl halides is 1. The minimum atomic E-state index is 0.708. The Labute approximate surface area is 120 Å². The maximum absolute atomic E-state index is 5.96. The lowest BCUT2D eigenvalue weighted by Gasteiger charge is -2.17. The van der Waals surface area contributed by atoms with Gasteiger partial charge in [-0.3, -0.25) is 0 Å². The smallest absolute Gasteiger partial charge is 0.225 e. The lowest BCUT2D eigenvalue weighted by atomic mass is 10.2. The molecule has 18 heavy (non-hydrogen) atoms. The molecule has 2 rings (SSSR count). The van der Waals surface area contributed by atoms with Gasteiger partial charge in [0.15, 0.2) is 0 Å². The zero-order chi connectivity index (χ0) is 13.0. The Hall–Kier alpha value is -1.13. The molecule has 3 nitrogen and oxygen atoms in total. The van der Waals surface area contributed by atoms with Crippen molar-refractivity contribution in [2.75, 3.05) is 11.9 Å². The molecule has 0 aliphatic carbocycles. The summed E-state index contributed by atoms with van der Waals surface area (Å²) in [4.78, 5) is 10.6. The summed E-state index contributed by atoms with van der Waals surface area (Å²) >= 11 is 9.33. The quantitative estimate of drug-likeness (QED) is 0.803. The Morgan fingerprint density at radius 2 is 1.94 bits per heavy atom. The van der Waals surface area contributed by atoms with E-state index in [0.717, 1.165) is 28.0 Å². The van der Waals surface area contributed by atoms with Crippen molar-refractivity contribution in [1.29, 1.82) is 0 Å². The topological polar surface area (TPSA) is 29.0 Å². The monoisotopic (exact) mass is 325 g/mol. The molecule has 0 atom stereocenters. The van der Waals surface area contributed by atoms with Crippen LogP contribution in [0.2, 0.25) is 5.02 Å². The van der Waals surface area contributed by atoms with E-state index >= 15 is 0 Å². The average Bonchev–Trinajstić information content (AvgIpc) is 2.39. The van der Waals surface area contributed by atoms with E-state index in [9.17, 15) is 0 Å². The maximum atomic E-state index is 5.96. The van der Waals surface area contributed by atoms with Crippen molar-refractivity contribution in [2.45, 2.75) is 11.9 Å². The highest BCUT2D eigenvalue weighted by molar-refractivity contribution is 9.08. The molecule has 0 aliphatic rings. The van der Waals surface area contributed by atoms with Gasteiger partial charge in [0.05, 0.1) is 0 Å². The van der Waals surface area contributed by atoms with Gasteiger partial charge in [-0.2, -0.15) is 0 Å². The van der Waals surface area contributed by atoms with Crippen LogP contribution < -0.4 is 4.90 Å². The third kappa shape index (κ3) is 3.43. The van der Waals surface area contributed by atoms with Crippen molar-refractivity contribution in [3.8, 4) is 0 Å². The highest BCUT2D eigenvalue weighted by Gasteiger charge is 2.05. The third-order valence-corrected chi connectivity index (χ3v) is 3.38. The molecular formula is C13H13BrClN3. The van der Waals surface area contributed by atoms with Gasteiger partial charge in [-0.15, -0.1) is 0 Å².